The second-order valence-corrected chi connectivity index (χ2v) is 5.26. The molecule has 2 rings (SSSR count). The molecule has 98 valence electrons. The Kier molecular flexibility index (Phi) is 4.24. The van der Waals surface area contributed by atoms with E-state index in [9.17, 15) is 9.18 Å². The van der Waals surface area contributed by atoms with E-state index >= 15 is 0 Å². The van der Waals surface area contributed by atoms with Crippen LogP contribution in [-0.2, 0) is 0 Å². The average Bonchev–Trinajstić information content (AvgIpc) is 2.32. The lowest BCUT2D eigenvalue weighted by Crippen LogP contribution is -2.46. The van der Waals surface area contributed by atoms with Crippen molar-refractivity contribution in [3.8, 4) is 0 Å². The molecule has 18 heavy (non-hydrogen) atoms. The predicted octanol–water partition coefficient (Wildman–Crippen LogP) is 1.94. The van der Waals surface area contributed by atoms with Crippen molar-refractivity contribution in [1.29, 1.82) is 0 Å². The molecule has 0 radical (unpaired) electrons. The number of rotatable bonds is 2. The molecule has 1 N–H and O–H groups in total. The third-order valence-corrected chi connectivity index (χ3v) is 3.43. The van der Waals surface area contributed by atoms with Gasteiger partial charge in [0.15, 0.2) is 0 Å². The zero-order valence-corrected chi connectivity index (χ0v) is 11.2. The van der Waals surface area contributed by atoms with E-state index in [0.717, 1.165) is 25.9 Å². The van der Waals surface area contributed by atoms with E-state index < -0.39 is 5.82 Å². The van der Waals surface area contributed by atoms with Gasteiger partial charge in [0.05, 0.1) is 5.56 Å². The minimum Gasteiger partial charge on any atom is -0.348 e. The van der Waals surface area contributed by atoms with Gasteiger partial charge < -0.3 is 10.2 Å². The van der Waals surface area contributed by atoms with Gasteiger partial charge in [0.2, 0.25) is 0 Å². The molecule has 0 aliphatic carbocycles. The number of hydrogen-bond acceptors (Lipinski definition) is 3. The number of nitrogens with one attached hydrogen (secondary N) is 1. The largest absolute Gasteiger partial charge is 0.348 e. The number of amides is 1. The highest BCUT2D eigenvalue weighted by molar-refractivity contribution is 7.80. The second-order valence-electron chi connectivity index (χ2n) is 4.74. The Morgan fingerprint density at radius 1 is 1.56 bits per heavy atom. The Labute approximate surface area is 112 Å². The average molecular weight is 268 g/mol. The molecule has 1 atom stereocenters. The molecule has 1 aliphatic heterocycles. The van der Waals surface area contributed by atoms with Crippen molar-refractivity contribution in [2.24, 2.45) is 0 Å². The van der Waals surface area contributed by atoms with Crippen molar-refractivity contribution in [2.75, 3.05) is 20.1 Å². The maximum absolute atomic E-state index is 13.5. The molecule has 1 unspecified atom stereocenters. The number of carbonyl (C=O) groups is 1. The lowest BCUT2D eigenvalue weighted by Gasteiger charge is -2.30. The van der Waals surface area contributed by atoms with Gasteiger partial charge in [-0.1, -0.05) is 0 Å². The first-order chi connectivity index (χ1) is 8.56. The van der Waals surface area contributed by atoms with E-state index in [0.29, 0.717) is 4.90 Å². The summed E-state index contributed by atoms with van der Waals surface area (Å²) in [6, 6.07) is 4.35. The molecule has 1 heterocycles. The van der Waals surface area contributed by atoms with Gasteiger partial charge in [-0.25, -0.2) is 4.39 Å². The van der Waals surface area contributed by atoms with Gasteiger partial charge in [-0.05, 0) is 44.6 Å². The molecular weight excluding hydrogens is 251 g/mol. The zero-order chi connectivity index (χ0) is 13.1. The van der Waals surface area contributed by atoms with Gasteiger partial charge in [-0.2, -0.15) is 0 Å². The SMILES string of the molecule is CN1CCCC(NC(=O)c2cc(S)ccc2F)C1. The summed E-state index contributed by atoms with van der Waals surface area (Å²) in [6.07, 6.45) is 1.99. The normalized spacial score (nSPS) is 20.7. The summed E-state index contributed by atoms with van der Waals surface area (Å²) in [6.45, 7) is 1.86. The van der Waals surface area contributed by atoms with Gasteiger partial charge in [0.1, 0.15) is 5.82 Å². The van der Waals surface area contributed by atoms with Gasteiger partial charge in [-0.3, -0.25) is 4.79 Å². The molecule has 1 fully saturated rings. The number of piperidine rings is 1. The topological polar surface area (TPSA) is 32.3 Å². The summed E-state index contributed by atoms with van der Waals surface area (Å²) < 4.78 is 13.5. The smallest absolute Gasteiger partial charge is 0.254 e. The highest BCUT2D eigenvalue weighted by Crippen LogP contribution is 2.15. The van der Waals surface area contributed by atoms with Crippen molar-refractivity contribution >= 4 is 18.5 Å². The molecule has 5 heteroatoms. The van der Waals surface area contributed by atoms with Crippen molar-refractivity contribution in [3.63, 3.8) is 0 Å². The van der Waals surface area contributed by atoms with Crippen molar-refractivity contribution in [3.05, 3.63) is 29.6 Å². The fourth-order valence-corrected chi connectivity index (χ4v) is 2.44. The van der Waals surface area contributed by atoms with Crippen LogP contribution in [0.25, 0.3) is 0 Å². The Morgan fingerprint density at radius 3 is 3.06 bits per heavy atom. The van der Waals surface area contributed by atoms with Crippen molar-refractivity contribution in [2.45, 2.75) is 23.8 Å². The summed E-state index contributed by atoms with van der Waals surface area (Å²) in [5.74, 6) is -0.863. The van der Waals surface area contributed by atoms with Crippen molar-refractivity contribution < 1.29 is 9.18 Å². The number of likely N-dealkylation sites (N-methyl/N-ethyl adjacent to an activating group) is 1. The molecule has 0 saturated carbocycles. The lowest BCUT2D eigenvalue weighted by atomic mass is 10.1. The Bertz CT molecular complexity index is 453. The first kappa shape index (κ1) is 13.4. The van der Waals surface area contributed by atoms with E-state index in [-0.39, 0.29) is 17.5 Å². The minimum absolute atomic E-state index is 0.0655. The van der Waals surface area contributed by atoms with Crippen molar-refractivity contribution in [1.82, 2.24) is 10.2 Å². The Morgan fingerprint density at radius 2 is 2.33 bits per heavy atom. The van der Waals surface area contributed by atoms with Crippen LogP contribution < -0.4 is 5.32 Å². The van der Waals surface area contributed by atoms with Crippen LogP contribution in [0.2, 0.25) is 0 Å². The monoisotopic (exact) mass is 268 g/mol. The highest BCUT2D eigenvalue weighted by Gasteiger charge is 2.21. The molecule has 1 aromatic rings. The Balaban J connectivity index is 2.05. The fourth-order valence-electron chi connectivity index (χ4n) is 2.23. The van der Waals surface area contributed by atoms with Crippen LogP contribution in [0.5, 0.6) is 0 Å². The second kappa shape index (κ2) is 5.71. The molecule has 0 aromatic heterocycles. The molecule has 3 nitrogen and oxygen atoms in total. The fraction of sp³-hybridized carbons (Fsp3) is 0.462. The van der Waals surface area contributed by atoms with Gasteiger partial charge in [0.25, 0.3) is 5.91 Å². The lowest BCUT2D eigenvalue weighted by molar-refractivity contribution is 0.0908. The van der Waals surface area contributed by atoms with Crippen LogP contribution in [-0.4, -0.2) is 37.0 Å². The first-order valence-electron chi connectivity index (χ1n) is 6.04. The summed E-state index contributed by atoms with van der Waals surface area (Å²) in [5.41, 5.74) is 0.0655. The summed E-state index contributed by atoms with van der Waals surface area (Å²) in [4.78, 5) is 14.7. The molecule has 1 aliphatic rings. The van der Waals surface area contributed by atoms with Crippen LogP contribution in [0, 0.1) is 5.82 Å². The van der Waals surface area contributed by atoms with E-state index in [1.165, 1.54) is 18.2 Å². The third-order valence-electron chi connectivity index (χ3n) is 3.15. The maximum Gasteiger partial charge on any atom is 0.254 e. The van der Waals surface area contributed by atoms with E-state index in [1.807, 2.05) is 7.05 Å². The number of halogens is 1. The molecule has 1 saturated heterocycles. The molecular formula is C13H17FN2OS. The van der Waals surface area contributed by atoms with Crippen LogP contribution in [0.3, 0.4) is 0 Å². The van der Waals surface area contributed by atoms with E-state index in [2.05, 4.69) is 22.8 Å². The number of benzene rings is 1. The predicted molar refractivity (Wildman–Crippen MR) is 71.6 cm³/mol. The Hall–Kier alpha value is -1.07. The van der Waals surface area contributed by atoms with Crippen LogP contribution in [0.4, 0.5) is 4.39 Å². The molecule has 0 spiro atoms. The minimum atomic E-state index is -0.505. The standard InChI is InChI=1S/C13H17FN2OS/c1-16-6-2-3-9(8-16)15-13(17)11-7-10(18)4-5-12(11)14/h4-5,7,9,18H,2-3,6,8H2,1H3,(H,15,17). The van der Waals surface area contributed by atoms with Crippen LogP contribution in [0.1, 0.15) is 23.2 Å². The molecule has 1 amide bonds. The van der Waals surface area contributed by atoms with E-state index in [1.54, 1.807) is 0 Å². The number of carbonyl (C=O) groups excluding carboxylic acids is 1. The quantitative estimate of drug-likeness (QED) is 0.803. The maximum atomic E-state index is 13.5. The number of likely N-dealkylation sites (tertiary alicyclic amines) is 1. The number of hydrogen-bond donors (Lipinski definition) is 2. The third kappa shape index (κ3) is 3.23. The summed E-state index contributed by atoms with van der Waals surface area (Å²) in [7, 11) is 2.02. The van der Waals surface area contributed by atoms with Gasteiger partial charge >= 0.3 is 0 Å². The molecule has 1 aromatic carbocycles. The highest BCUT2D eigenvalue weighted by atomic mass is 32.1. The summed E-state index contributed by atoms with van der Waals surface area (Å²) in [5, 5.41) is 2.88. The van der Waals surface area contributed by atoms with Crippen LogP contribution >= 0.6 is 12.6 Å². The van der Waals surface area contributed by atoms with Crippen LogP contribution in [0.15, 0.2) is 23.1 Å². The van der Waals surface area contributed by atoms with Gasteiger partial charge in [-0.15, -0.1) is 12.6 Å². The number of nitrogens with zero attached hydrogens (tertiary/aromatic N) is 1. The first-order valence-corrected chi connectivity index (χ1v) is 6.49. The molecule has 0 bridgehead atoms. The van der Waals surface area contributed by atoms with Gasteiger partial charge in [0, 0.05) is 17.5 Å². The summed E-state index contributed by atoms with van der Waals surface area (Å²) >= 11 is 4.12. The van der Waals surface area contributed by atoms with E-state index in [4.69, 9.17) is 0 Å². The zero-order valence-electron chi connectivity index (χ0n) is 10.3. The number of thiol groups is 1.